The molecule has 1 rings (SSSR count). The first kappa shape index (κ1) is 12.0. The van der Waals surface area contributed by atoms with Gasteiger partial charge in [-0.15, -0.1) is 11.3 Å². The molecule has 0 aliphatic rings. The van der Waals surface area contributed by atoms with E-state index in [2.05, 4.69) is 6.92 Å². The number of aliphatic hydroxyl groups excluding tert-OH is 1. The highest BCUT2D eigenvalue weighted by atomic mass is 35.5. The van der Waals surface area contributed by atoms with Gasteiger partial charge < -0.3 is 5.11 Å². The number of rotatable bonds is 6. The van der Waals surface area contributed by atoms with Gasteiger partial charge in [0.1, 0.15) is 0 Å². The molecule has 1 heterocycles. The highest BCUT2D eigenvalue weighted by Crippen LogP contribution is 2.31. The second kappa shape index (κ2) is 6.44. The lowest BCUT2D eigenvalue weighted by Gasteiger charge is -2.08. The minimum atomic E-state index is -0.362. The highest BCUT2D eigenvalue weighted by Gasteiger charge is 2.11. The van der Waals surface area contributed by atoms with Crippen LogP contribution in [0.5, 0.6) is 0 Å². The second-order valence-electron chi connectivity index (χ2n) is 3.50. The Morgan fingerprint density at radius 1 is 1.43 bits per heavy atom. The molecule has 1 aromatic rings. The van der Waals surface area contributed by atoms with Crippen molar-refractivity contribution in [2.45, 2.75) is 45.1 Å². The molecule has 0 aromatic carbocycles. The van der Waals surface area contributed by atoms with E-state index in [1.807, 2.05) is 11.4 Å². The van der Waals surface area contributed by atoms with E-state index in [4.69, 9.17) is 11.6 Å². The van der Waals surface area contributed by atoms with Crippen LogP contribution in [-0.4, -0.2) is 5.11 Å². The molecule has 0 aliphatic carbocycles. The van der Waals surface area contributed by atoms with Crippen LogP contribution in [0.2, 0.25) is 5.02 Å². The van der Waals surface area contributed by atoms with Gasteiger partial charge in [0.05, 0.1) is 16.0 Å². The molecule has 0 spiro atoms. The summed E-state index contributed by atoms with van der Waals surface area (Å²) in [5.41, 5.74) is 0. The molecule has 1 atom stereocenters. The van der Waals surface area contributed by atoms with Crippen LogP contribution >= 0.6 is 22.9 Å². The first-order valence-electron chi connectivity index (χ1n) is 5.16. The summed E-state index contributed by atoms with van der Waals surface area (Å²) < 4.78 is 0. The van der Waals surface area contributed by atoms with Gasteiger partial charge in [-0.1, -0.05) is 44.2 Å². The van der Waals surface area contributed by atoms with Crippen molar-refractivity contribution >= 4 is 22.9 Å². The molecule has 1 nitrogen and oxygen atoms in total. The van der Waals surface area contributed by atoms with Gasteiger partial charge in [-0.2, -0.15) is 0 Å². The molecule has 0 bridgehead atoms. The Balaban J connectivity index is 2.28. The van der Waals surface area contributed by atoms with E-state index < -0.39 is 0 Å². The molecule has 0 saturated heterocycles. The molecule has 14 heavy (non-hydrogen) atoms. The Bertz CT molecular complexity index is 260. The van der Waals surface area contributed by atoms with Crippen molar-refractivity contribution in [3.63, 3.8) is 0 Å². The summed E-state index contributed by atoms with van der Waals surface area (Å²) >= 11 is 7.46. The average Bonchev–Trinajstić information content (AvgIpc) is 2.59. The summed E-state index contributed by atoms with van der Waals surface area (Å²) in [5.74, 6) is 0. The van der Waals surface area contributed by atoms with Crippen LogP contribution in [0, 0.1) is 0 Å². The zero-order valence-corrected chi connectivity index (χ0v) is 10.1. The fourth-order valence-corrected chi connectivity index (χ4v) is 2.64. The van der Waals surface area contributed by atoms with Crippen molar-refractivity contribution in [1.82, 2.24) is 0 Å². The van der Waals surface area contributed by atoms with Crippen LogP contribution in [0.1, 0.15) is 50.0 Å². The van der Waals surface area contributed by atoms with Crippen LogP contribution < -0.4 is 0 Å². The Labute approximate surface area is 94.7 Å². The van der Waals surface area contributed by atoms with Gasteiger partial charge in [0, 0.05) is 0 Å². The van der Waals surface area contributed by atoms with E-state index in [9.17, 15) is 5.11 Å². The lowest BCUT2D eigenvalue weighted by molar-refractivity contribution is 0.167. The van der Waals surface area contributed by atoms with Crippen LogP contribution in [0.15, 0.2) is 11.4 Å². The third-order valence-corrected chi connectivity index (χ3v) is 3.74. The first-order valence-corrected chi connectivity index (χ1v) is 6.42. The van der Waals surface area contributed by atoms with Crippen molar-refractivity contribution in [3.8, 4) is 0 Å². The van der Waals surface area contributed by atoms with Gasteiger partial charge >= 0.3 is 0 Å². The van der Waals surface area contributed by atoms with E-state index in [1.54, 1.807) is 0 Å². The topological polar surface area (TPSA) is 20.2 Å². The van der Waals surface area contributed by atoms with E-state index in [-0.39, 0.29) is 6.10 Å². The molecule has 0 aliphatic heterocycles. The predicted octanol–water partition coefficient (Wildman–Crippen LogP) is 4.41. The quantitative estimate of drug-likeness (QED) is 0.721. The Morgan fingerprint density at radius 2 is 2.21 bits per heavy atom. The van der Waals surface area contributed by atoms with Crippen LogP contribution in [0.3, 0.4) is 0 Å². The van der Waals surface area contributed by atoms with Crippen molar-refractivity contribution in [1.29, 1.82) is 0 Å². The van der Waals surface area contributed by atoms with E-state index in [0.717, 1.165) is 17.7 Å². The normalized spacial score (nSPS) is 13.1. The van der Waals surface area contributed by atoms with Crippen molar-refractivity contribution < 1.29 is 5.11 Å². The van der Waals surface area contributed by atoms with Gasteiger partial charge in [0.25, 0.3) is 0 Å². The van der Waals surface area contributed by atoms with Crippen LogP contribution in [0.25, 0.3) is 0 Å². The summed E-state index contributed by atoms with van der Waals surface area (Å²) in [6.07, 6.45) is 5.25. The SMILES string of the molecule is CCCCCCC(O)c1sccc1Cl. The predicted molar refractivity (Wildman–Crippen MR) is 63.0 cm³/mol. The lowest BCUT2D eigenvalue weighted by atomic mass is 10.1. The third-order valence-electron chi connectivity index (χ3n) is 2.28. The van der Waals surface area contributed by atoms with Gasteiger partial charge in [-0.3, -0.25) is 0 Å². The van der Waals surface area contributed by atoms with Crippen molar-refractivity contribution in [2.24, 2.45) is 0 Å². The molecule has 0 radical (unpaired) electrons. The van der Waals surface area contributed by atoms with E-state index >= 15 is 0 Å². The number of halogens is 1. The highest BCUT2D eigenvalue weighted by molar-refractivity contribution is 7.10. The minimum Gasteiger partial charge on any atom is -0.388 e. The standard InChI is InChI=1S/C11H17ClOS/c1-2-3-4-5-6-10(13)11-9(12)7-8-14-11/h7-8,10,13H,2-6H2,1H3. The third kappa shape index (κ3) is 3.60. The Hall–Kier alpha value is -0.0500. The largest absolute Gasteiger partial charge is 0.388 e. The molecule has 3 heteroatoms. The Morgan fingerprint density at radius 3 is 2.79 bits per heavy atom. The monoisotopic (exact) mass is 232 g/mol. The van der Waals surface area contributed by atoms with Crippen LogP contribution in [-0.2, 0) is 0 Å². The van der Waals surface area contributed by atoms with Crippen molar-refractivity contribution in [3.05, 3.63) is 21.3 Å². The number of thiophene rings is 1. The summed E-state index contributed by atoms with van der Waals surface area (Å²) in [6, 6.07) is 1.84. The lowest BCUT2D eigenvalue weighted by Crippen LogP contribution is -1.94. The maximum absolute atomic E-state index is 9.82. The molecule has 0 fully saturated rings. The minimum absolute atomic E-state index is 0.362. The molecule has 1 aromatic heterocycles. The zero-order chi connectivity index (χ0) is 10.4. The molecule has 1 N–H and O–H groups in total. The Kier molecular flexibility index (Phi) is 5.53. The summed E-state index contributed by atoms with van der Waals surface area (Å²) in [7, 11) is 0. The molecule has 80 valence electrons. The molecule has 0 amide bonds. The molecular formula is C11H17ClOS. The molecular weight excluding hydrogens is 216 g/mol. The molecule has 0 saturated carbocycles. The van der Waals surface area contributed by atoms with Gasteiger partial charge in [0.2, 0.25) is 0 Å². The van der Waals surface area contributed by atoms with Crippen LogP contribution in [0.4, 0.5) is 0 Å². The number of hydrogen-bond acceptors (Lipinski definition) is 2. The number of aliphatic hydroxyl groups is 1. The summed E-state index contributed by atoms with van der Waals surface area (Å²) in [6.45, 7) is 2.19. The summed E-state index contributed by atoms with van der Waals surface area (Å²) in [4.78, 5) is 0.920. The number of unbranched alkanes of at least 4 members (excludes halogenated alkanes) is 3. The zero-order valence-electron chi connectivity index (χ0n) is 8.50. The maximum atomic E-state index is 9.82. The smallest absolute Gasteiger partial charge is 0.0896 e. The van der Waals surface area contributed by atoms with E-state index in [1.165, 1.54) is 30.6 Å². The van der Waals surface area contributed by atoms with Gasteiger partial charge in [-0.25, -0.2) is 0 Å². The summed E-state index contributed by atoms with van der Waals surface area (Å²) in [5, 5.41) is 12.4. The first-order chi connectivity index (χ1) is 6.75. The number of hydrogen-bond donors (Lipinski definition) is 1. The average molecular weight is 233 g/mol. The van der Waals surface area contributed by atoms with Crippen molar-refractivity contribution in [2.75, 3.05) is 0 Å². The van der Waals surface area contributed by atoms with Gasteiger partial charge in [0.15, 0.2) is 0 Å². The molecule has 1 unspecified atom stereocenters. The fraction of sp³-hybridized carbons (Fsp3) is 0.636. The van der Waals surface area contributed by atoms with Gasteiger partial charge in [-0.05, 0) is 17.9 Å². The fourth-order valence-electron chi connectivity index (χ4n) is 1.44. The van der Waals surface area contributed by atoms with E-state index in [0.29, 0.717) is 5.02 Å². The second-order valence-corrected chi connectivity index (χ2v) is 4.85. The maximum Gasteiger partial charge on any atom is 0.0896 e.